The average Bonchev–Trinajstić information content (AvgIpc) is 0.883. The van der Waals surface area contributed by atoms with Crippen LogP contribution in [-0.2, 0) is 10.8 Å². The number of fused-ring (bicyclic) bond motifs is 6. The van der Waals surface area contributed by atoms with Crippen molar-refractivity contribution in [1.82, 2.24) is 0 Å². The molecule has 2 aliphatic rings. The van der Waals surface area contributed by atoms with Crippen molar-refractivity contribution in [2.75, 3.05) is 9.80 Å². The summed E-state index contributed by atoms with van der Waals surface area (Å²) in [7, 11) is 0. The highest BCUT2D eigenvalue weighted by molar-refractivity contribution is 6.30. The molecular formula is C90H84N2O2. The third kappa shape index (κ3) is 9.70. The van der Waals surface area contributed by atoms with Crippen LogP contribution in [0.3, 0.4) is 0 Å². The third-order valence-corrected chi connectivity index (χ3v) is 21.4. The molecular weight excluding hydrogens is 1140 g/mol. The summed E-state index contributed by atoms with van der Waals surface area (Å²) < 4.78 is 15.1. The number of furan rings is 2. The number of rotatable bonds is 12. The first kappa shape index (κ1) is 59.5. The summed E-state index contributed by atoms with van der Waals surface area (Å²) in [6.45, 7) is 23.1. The Hall–Kier alpha value is -9.56. The summed E-state index contributed by atoms with van der Waals surface area (Å²) in [4.78, 5) is 5.14. The number of terminal acetylenes is 1. The quantitative estimate of drug-likeness (QED) is 0.0901. The van der Waals surface area contributed by atoms with E-state index in [0.29, 0.717) is 17.8 Å². The Morgan fingerprint density at radius 1 is 0.383 bits per heavy atom. The molecule has 0 aliphatic heterocycles. The Bertz CT molecular complexity index is 5340. The molecule has 0 unspecified atom stereocenters. The lowest BCUT2D eigenvalue weighted by atomic mass is 9.82. The van der Waals surface area contributed by atoms with Gasteiger partial charge in [-0.15, -0.1) is 6.42 Å². The zero-order chi connectivity index (χ0) is 64.5. The predicted molar refractivity (Wildman–Crippen MR) is 401 cm³/mol. The van der Waals surface area contributed by atoms with E-state index in [4.69, 9.17) is 15.3 Å². The summed E-state index contributed by atoms with van der Waals surface area (Å²) in [6.07, 6.45) is 16.0. The van der Waals surface area contributed by atoms with E-state index in [0.717, 1.165) is 120 Å². The lowest BCUT2D eigenvalue weighted by Gasteiger charge is -2.32. The maximum absolute atomic E-state index is 7.59. The van der Waals surface area contributed by atoms with Gasteiger partial charge in [-0.25, -0.2) is 0 Å². The SMILES string of the molecule is C#Cc1ccc2c(oc3c(N(c4cccc(C(C)(C)C)c4)c4cc(C5CCCC5)c5ccc6c(N(c7cccc(C(C)(C)C)c7)c7cccc8c7oc7c(-c9ccccc9C(C)C)cccc78)cc(C7CCCC7)c7ccc4c5c76)cccc32)c1-c1ccccc1C(C)C. The van der Waals surface area contributed by atoms with Gasteiger partial charge >= 0.3 is 0 Å². The molecule has 0 saturated heterocycles. The molecule has 2 heterocycles. The summed E-state index contributed by atoms with van der Waals surface area (Å²) in [5.41, 5.74) is 23.0. The van der Waals surface area contributed by atoms with Crippen molar-refractivity contribution < 1.29 is 8.83 Å². The predicted octanol–water partition coefficient (Wildman–Crippen LogP) is 26.8. The van der Waals surface area contributed by atoms with Gasteiger partial charge in [-0.1, -0.05) is 240 Å². The van der Waals surface area contributed by atoms with Crippen molar-refractivity contribution >= 4 is 110 Å². The van der Waals surface area contributed by atoms with E-state index < -0.39 is 0 Å². The number of nitrogens with zero attached hydrogens (tertiary/aromatic N) is 2. The van der Waals surface area contributed by atoms with Crippen LogP contribution in [0.1, 0.15) is 183 Å². The molecule has 0 spiro atoms. The lowest BCUT2D eigenvalue weighted by molar-refractivity contribution is 0.590. The van der Waals surface area contributed by atoms with E-state index in [-0.39, 0.29) is 16.7 Å². The van der Waals surface area contributed by atoms with E-state index in [1.807, 2.05) is 0 Å². The van der Waals surface area contributed by atoms with E-state index in [1.165, 1.54) is 103 Å². The molecule has 2 aliphatic carbocycles. The maximum Gasteiger partial charge on any atom is 0.159 e. The van der Waals surface area contributed by atoms with Gasteiger partial charge in [-0.05, 0) is 187 Å². The maximum atomic E-state index is 7.59. The van der Waals surface area contributed by atoms with E-state index in [2.05, 4.69) is 285 Å². The van der Waals surface area contributed by atoms with Crippen molar-refractivity contribution in [3.8, 4) is 34.6 Å². The van der Waals surface area contributed by atoms with Crippen LogP contribution in [0.5, 0.6) is 0 Å². The minimum Gasteiger partial charge on any atom is -0.453 e. The van der Waals surface area contributed by atoms with Gasteiger partial charge < -0.3 is 18.6 Å². The second kappa shape index (κ2) is 22.9. The van der Waals surface area contributed by atoms with Crippen LogP contribution in [0.4, 0.5) is 34.1 Å². The number of anilines is 6. The summed E-state index contributed by atoms with van der Waals surface area (Å²) in [6, 6.07) is 76.0. The molecule has 0 radical (unpaired) electrons. The molecule has 466 valence electrons. The van der Waals surface area contributed by atoms with Crippen LogP contribution >= 0.6 is 0 Å². The summed E-state index contributed by atoms with van der Waals surface area (Å²) in [5, 5.41) is 12.2. The van der Waals surface area contributed by atoms with Gasteiger partial charge in [0, 0.05) is 60.4 Å². The fourth-order valence-corrected chi connectivity index (χ4v) is 16.6. The molecule has 0 atom stereocenters. The smallest absolute Gasteiger partial charge is 0.159 e. The molecule has 2 aromatic heterocycles. The number of benzene rings is 12. The largest absolute Gasteiger partial charge is 0.453 e. The Balaban J connectivity index is 1.02. The molecule has 2 saturated carbocycles. The first-order valence-corrected chi connectivity index (χ1v) is 34.7. The molecule has 0 amide bonds. The van der Waals surface area contributed by atoms with Crippen molar-refractivity contribution in [2.45, 2.75) is 155 Å². The highest BCUT2D eigenvalue weighted by Gasteiger charge is 2.33. The van der Waals surface area contributed by atoms with Gasteiger partial charge in [0.25, 0.3) is 0 Å². The van der Waals surface area contributed by atoms with Crippen LogP contribution in [0.15, 0.2) is 209 Å². The molecule has 0 N–H and O–H groups in total. The molecule has 4 nitrogen and oxygen atoms in total. The van der Waals surface area contributed by atoms with Crippen molar-refractivity contribution in [2.24, 2.45) is 0 Å². The topological polar surface area (TPSA) is 32.8 Å². The number of para-hydroxylation sites is 3. The number of hydrogen-bond donors (Lipinski definition) is 0. The minimum absolute atomic E-state index is 0.104. The standard InChI is InChI=1S/C90H84N2O2/c1-12-56-44-45-73-72-41-25-43-79(87(72)94-88(73)82(56)66-37-20-18-35-64(66)55(4)5)92(62-33-22-31-60(51-62)90(9,10)11)81-53-77(58-28-15-16-29-58)68-46-48-74-80(52-76(57-26-13-14-27-57)67-47-49-75(81)84(68)83(67)74)91(61-32-21-30-59(50-61)89(6,7)8)78-42-24-40-71-70-39-23-38-69(85(70)93-86(71)78)65-36-19-17-34-63(65)54(2)3/h1,17-25,30-55,57-58H,13-16,26-29H2,2-11H3. The Morgan fingerprint density at radius 2 is 0.787 bits per heavy atom. The van der Waals surface area contributed by atoms with Crippen LogP contribution in [0.25, 0.3) is 98.4 Å². The minimum atomic E-state index is -0.117. The molecule has 4 heteroatoms. The highest BCUT2D eigenvalue weighted by Crippen LogP contribution is 2.56. The van der Waals surface area contributed by atoms with Gasteiger partial charge in [-0.3, -0.25) is 0 Å². The monoisotopic (exact) mass is 1220 g/mol. The first-order chi connectivity index (χ1) is 45.5. The van der Waals surface area contributed by atoms with E-state index in [1.54, 1.807) is 0 Å². The summed E-state index contributed by atoms with van der Waals surface area (Å²) in [5.74, 6) is 4.51. The molecule has 16 rings (SSSR count). The van der Waals surface area contributed by atoms with Gasteiger partial charge in [0.15, 0.2) is 11.2 Å². The van der Waals surface area contributed by atoms with Crippen LogP contribution in [0.2, 0.25) is 0 Å². The molecule has 14 aromatic rings. The Labute approximate surface area is 554 Å². The molecule has 12 aromatic carbocycles. The zero-order valence-electron chi connectivity index (χ0n) is 56.3. The second-order valence-electron chi connectivity index (χ2n) is 30.0. The average molecular weight is 1230 g/mol. The molecule has 94 heavy (non-hydrogen) atoms. The second-order valence-corrected chi connectivity index (χ2v) is 30.0. The van der Waals surface area contributed by atoms with Crippen LogP contribution in [0, 0.1) is 12.3 Å². The normalized spacial score (nSPS) is 14.5. The first-order valence-electron chi connectivity index (χ1n) is 34.7. The van der Waals surface area contributed by atoms with Gasteiger partial charge in [-0.2, -0.15) is 0 Å². The van der Waals surface area contributed by atoms with Gasteiger partial charge in [0.05, 0.1) is 22.7 Å². The lowest BCUT2D eigenvalue weighted by Crippen LogP contribution is -2.16. The van der Waals surface area contributed by atoms with E-state index in [9.17, 15) is 0 Å². The van der Waals surface area contributed by atoms with Crippen molar-refractivity contribution in [3.63, 3.8) is 0 Å². The fourth-order valence-electron chi connectivity index (χ4n) is 16.6. The fraction of sp³-hybridized carbons (Fsp3) is 0.267. The zero-order valence-corrected chi connectivity index (χ0v) is 56.3. The van der Waals surface area contributed by atoms with E-state index >= 15 is 0 Å². The Morgan fingerprint density at radius 3 is 1.28 bits per heavy atom. The Kier molecular flexibility index (Phi) is 14.5. The van der Waals surface area contributed by atoms with Gasteiger partial charge in [0.1, 0.15) is 11.2 Å². The van der Waals surface area contributed by atoms with Crippen LogP contribution < -0.4 is 9.80 Å². The molecule has 2 fully saturated rings. The summed E-state index contributed by atoms with van der Waals surface area (Å²) >= 11 is 0. The van der Waals surface area contributed by atoms with Crippen molar-refractivity contribution in [3.05, 3.63) is 239 Å². The van der Waals surface area contributed by atoms with Gasteiger partial charge in [0.2, 0.25) is 0 Å². The third-order valence-electron chi connectivity index (χ3n) is 21.4. The van der Waals surface area contributed by atoms with Crippen molar-refractivity contribution in [1.29, 1.82) is 0 Å². The number of hydrogen-bond acceptors (Lipinski definition) is 4. The van der Waals surface area contributed by atoms with Crippen LogP contribution in [-0.4, -0.2) is 0 Å². The highest BCUT2D eigenvalue weighted by atomic mass is 16.3. The molecule has 0 bridgehead atoms.